The van der Waals surface area contributed by atoms with Crippen LogP contribution in [-0.2, 0) is 6.42 Å². The van der Waals surface area contributed by atoms with Crippen LogP contribution in [0.15, 0.2) is 0 Å². The Morgan fingerprint density at radius 1 is 1.22 bits per heavy atom. The average Bonchev–Trinajstić information content (AvgIpc) is 2.83. The van der Waals surface area contributed by atoms with Crippen LogP contribution in [0.4, 0.5) is 0 Å². The van der Waals surface area contributed by atoms with Crippen molar-refractivity contribution in [2.75, 3.05) is 0 Å². The fourth-order valence-corrected chi connectivity index (χ4v) is 3.61. The van der Waals surface area contributed by atoms with Crippen molar-refractivity contribution < 1.29 is 4.79 Å². The molecule has 1 heterocycles. The molecule has 0 radical (unpaired) electrons. The Bertz CT molecular complexity index is 493. The van der Waals surface area contributed by atoms with E-state index in [1.807, 2.05) is 0 Å². The lowest BCUT2D eigenvalue weighted by molar-refractivity contribution is 0.0911. The van der Waals surface area contributed by atoms with E-state index in [-0.39, 0.29) is 5.41 Å². The van der Waals surface area contributed by atoms with Crippen molar-refractivity contribution in [2.24, 2.45) is 5.41 Å². The third-order valence-corrected chi connectivity index (χ3v) is 4.46. The van der Waals surface area contributed by atoms with Crippen LogP contribution in [0.25, 0.3) is 0 Å². The number of rotatable bonds is 1. The van der Waals surface area contributed by atoms with Gasteiger partial charge in [0.1, 0.15) is 0 Å². The van der Waals surface area contributed by atoms with E-state index in [1.54, 1.807) is 0 Å². The lowest BCUT2D eigenvalue weighted by Gasteiger charge is -2.27. The van der Waals surface area contributed by atoms with Gasteiger partial charge in [0.15, 0.2) is 5.78 Å². The van der Waals surface area contributed by atoms with Crippen molar-refractivity contribution in [1.29, 1.82) is 0 Å². The van der Waals surface area contributed by atoms with Crippen molar-refractivity contribution in [3.63, 3.8) is 0 Å². The van der Waals surface area contributed by atoms with E-state index in [1.165, 1.54) is 25.7 Å². The molecule has 0 saturated heterocycles. The topological polar surface area (TPSA) is 34.9 Å². The summed E-state index contributed by atoms with van der Waals surface area (Å²) < 4.78 is 2.15. The van der Waals surface area contributed by atoms with Gasteiger partial charge in [0.25, 0.3) is 0 Å². The molecule has 1 saturated carbocycles. The molecule has 1 fully saturated rings. The molecular formula is C15H22N2O. The molecule has 3 rings (SSSR count). The van der Waals surface area contributed by atoms with Crippen LogP contribution in [-0.4, -0.2) is 15.6 Å². The third-order valence-electron chi connectivity index (χ3n) is 4.46. The minimum absolute atomic E-state index is 0.0748. The first-order chi connectivity index (χ1) is 8.48. The van der Waals surface area contributed by atoms with Crippen LogP contribution >= 0.6 is 0 Å². The quantitative estimate of drug-likeness (QED) is 0.760. The highest BCUT2D eigenvalue weighted by molar-refractivity contribution is 5.99. The summed E-state index contributed by atoms with van der Waals surface area (Å²) in [5, 5.41) is 4.77. The molecular weight excluding hydrogens is 224 g/mol. The minimum Gasteiger partial charge on any atom is -0.294 e. The summed E-state index contributed by atoms with van der Waals surface area (Å²) in [6.07, 6.45) is 6.64. The van der Waals surface area contributed by atoms with Crippen LogP contribution in [0.1, 0.15) is 73.7 Å². The fraction of sp³-hybridized carbons (Fsp3) is 0.733. The number of carbonyl (C=O) groups excluding carboxylic acids is 1. The van der Waals surface area contributed by atoms with Gasteiger partial charge in [-0.1, -0.05) is 26.7 Å². The van der Waals surface area contributed by atoms with E-state index in [9.17, 15) is 4.79 Å². The zero-order valence-electron chi connectivity index (χ0n) is 11.6. The second kappa shape index (κ2) is 3.94. The number of hydrogen-bond donors (Lipinski definition) is 0. The van der Waals surface area contributed by atoms with Crippen LogP contribution in [0, 0.1) is 12.3 Å². The van der Waals surface area contributed by atoms with Crippen molar-refractivity contribution in [2.45, 2.75) is 65.3 Å². The first-order valence-electron chi connectivity index (χ1n) is 7.09. The zero-order chi connectivity index (χ0) is 12.9. The average molecular weight is 246 g/mol. The molecule has 0 amide bonds. The van der Waals surface area contributed by atoms with Crippen molar-refractivity contribution in [3.8, 4) is 0 Å². The molecule has 3 heteroatoms. The molecule has 0 N–H and O–H groups in total. The Kier molecular flexibility index (Phi) is 2.61. The van der Waals surface area contributed by atoms with E-state index >= 15 is 0 Å². The van der Waals surface area contributed by atoms with E-state index in [0.29, 0.717) is 18.2 Å². The SMILES string of the molecule is Cc1c2c(nn1C1CCCC1)CC(C)(C)CC2=O. The molecule has 2 aliphatic rings. The van der Waals surface area contributed by atoms with Crippen molar-refractivity contribution in [1.82, 2.24) is 9.78 Å². The van der Waals surface area contributed by atoms with E-state index < -0.39 is 0 Å². The van der Waals surface area contributed by atoms with E-state index in [4.69, 9.17) is 5.10 Å². The van der Waals surface area contributed by atoms with Gasteiger partial charge >= 0.3 is 0 Å². The smallest absolute Gasteiger partial charge is 0.167 e. The lowest BCUT2D eigenvalue weighted by atomic mass is 9.76. The number of hydrogen-bond acceptors (Lipinski definition) is 2. The lowest BCUT2D eigenvalue weighted by Crippen LogP contribution is -2.26. The maximum absolute atomic E-state index is 12.3. The van der Waals surface area contributed by atoms with E-state index in [2.05, 4.69) is 25.5 Å². The predicted octanol–water partition coefficient (Wildman–Crippen LogP) is 3.46. The molecule has 0 unspecified atom stereocenters. The standard InChI is InChI=1S/C15H22N2O/c1-10-14-12(8-15(2,3)9-13(14)18)16-17(10)11-6-4-5-7-11/h11H,4-9H2,1-3H3. The van der Waals surface area contributed by atoms with Gasteiger partial charge in [0.05, 0.1) is 17.3 Å². The van der Waals surface area contributed by atoms with Gasteiger partial charge in [-0.3, -0.25) is 9.48 Å². The number of aromatic nitrogens is 2. The summed E-state index contributed by atoms with van der Waals surface area (Å²) in [4.78, 5) is 12.3. The number of nitrogens with zero attached hydrogens (tertiary/aromatic N) is 2. The predicted molar refractivity (Wildman–Crippen MR) is 70.9 cm³/mol. The number of ketones is 1. The van der Waals surface area contributed by atoms with Crippen molar-refractivity contribution >= 4 is 5.78 Å². The van der Waals surface area contributed by atoms with Crippen molar-refractivity contribution in [3.05, 3.63) is 17.0 Å². The summed E-state index contributed by atoms with van der Waals surface area (Å²) >= 11 is 0. The molecule has 3 nitrogen and oxygen atoms in total. The minimum atomic E-state index is 0.0748. The Morgan fingerprint density at radius 3 is 2.56 bits per heavy atom. The molecule has 0 atom stereocenters. The Hall–Kier alpha value is -1.12. The summed E-state index contributed by atoms with van der Waals surface area (Å²) in [5.74, 6) is 0.294. The summed E-state index contributed by atoms with van der Waals surface area (Å²) in [6.45, 7) is 6.40. The van der Waals surface area contributed by atoms with Gasteiger partial charge in [0, 0.05) is 12.1 Å². The van der Waals surface area contributed by atoms with Gasteiger partial charge in [0.2, 0.25) is 0 Å². The van der Waals surface area contributed by atoms with Crippen LogP contribution in [0.2, 0.25) is 0 Å². The molecule has 0 aromatic carbocycles. The van der Waals surface area contributed by atoms with Gasteiger partial charge in [-0.25, -0.2) is 0 Å². The third kappa shape index (κ3) is 1.80. The van der Waals surface area contributed by atoms with Gasteiger partial charge in [-0.15, -0.1) is 0 Å². The highest BCUT2D eigenvalue weighted by Gasteiger charge is 2.36. The molecule has 18 heavy (non-hydrogen) atoms. The molecule has 0 bridgehead atoms. The number of Topliss-reactive ketones (excluding diaryl/α,β-unsaturated/α-hetero) is 1. The monoisotopic (exact) mass is 246 g/mol. The molecule has 0 spiro atoms. The van der Waals surface area contributed by atoms with Crippen LogP contribution in [0.5, 0.6) is 0 Å². The van der Waals surface area contributed by atoms with Gasteiger partial charge in [-0.2, -0.15) is 5.10 Å². The molecule has 2 aliphatic carbocycles. The Labute approximate surface area is 109 Å². The Morgan fingerprint density at radius 2 is 1.89 bits per heavy atom. The number of carbonyl (C=O) groups is 1. The summed E-state index contributed by atoms with van der Waals surface area (Å²) in [6, 6.07) is 0.534. The first-order valence-corrected chi connectivity index (χ1v) is 7.09. The fourth-order valence-electron chi connectivity index (χ4n) is 3.61. The molecule has 0 aliphatic heterocycles. The van der Waals surface area contributed by atoms with Crippen LogP contribution in [0.3, 0.4) is 0 Å². The molecule has 1 aromatic heterocycles. The van der Waals surface area contributed by atoms with E-state index in [0.717, 1.165) is 23.4 Å². The maximum Gasteiger partial charge on any atom is 0.167 e. The highest BCUT2D eigenvalue weighted by atomic mass is 16.1. The normalized spacial score (nSPS) is 23.4. The molecule has 1 aromatic rings. The number of fused-ring (bicyclic) bond motifs is 1. The Balaban J connectivity index is 2.03. The zero-order valence-corrected chi connectivity index (χ0v) is 11.6. The second-order valence-corrected chi connectivity index (χ2v) is 6.73. The molecule has 98 valence electrons. The van der Waals surface area contributed by atoms with Crippen LogP contribution < -0.4 is 0 Å². The van der Waals surface area contributed by atoms with Gasteiger partial charge < -0.3 is 0 Å². The largest absolute Gasteiger partial charge is 0.294 e. The maximum atomic E-state index is 12.3. The summed E-state index contributed by atoms with van der Waals surface area (Å²) in [7, 11) is 0. The second-order valence-electron chi connectivity index (χ2n) is 6.73. The summed E-state index contributed by atoms with van der Waals surface area (Å²) in [5.41, 5.74) is 3.16. The first kappa shape index (κ1) is 11.9. The highest BCUT2D eigenvalue weighted by Crippen LogP contribution is 2.38. The van der Waals surface area contributed by atoms with Gasteiger partial charge in [-0.05, 0) is 31.6 Å².